The fourth-order valence-electron chi connectivity index (χ4n) is 4.31. The number of hydrogen-bond acceptors (Lipinski definition) is 3. The molecule has 186 valence electrons. The first-order valence-corrected chi connectivity index (χ1v) is 13.5. The Bertz CT molecular complexity index is 1500. The van der Waals surface area contributed by atoms with Gasteiger partial charge in [-0.2, -0.15) is 0 Å². The lowest BCUT2D eigenvalue weighted by molar-refractivity contribution is 0.0950. The lowest BCUT2D eigenvalue weighted by Crippen LogP contribution is -2.31. The number of aryl methyl sites for hydroxylation is 1. The fourth-order valence-corrected chi connectivity index (χ4v) is 5.78. The van der Waals surface area contributed by atoms with Crippen molar-refractivity contribution >= 4 is 39.9 Å². The first kappa shape index (κ1) is 24.9. The van der Waals surface area contributed by atoms with Crippen molar-refractivity contribution in [3.63, 3.8) is 0 Å². The minimum absolute atomic E-state index is 0.243. The van der Waals surface area contributed by atoms with Gasteiger partial charge >= 0.3 is 0 Å². The van der Waals surface area contributed by atoms with Gasteiger partial charge in [0.15, 0.2) is 0 Å². The number of fused-ring (bicyclic) bond motifs is 2. The van der Waals surface area contributed by atoms with Crippen LogP contribution < -0.4 is 10.2 Å². The number of nitrogens with one attached hydrogen (secondary N) is 1. The average molecular weight is 529 g/mol. The number of nitrogens with zero attached hydrogens (tertiary/aromatic N) is 1. The Labute approximate surface area is 223 Å². The second-order valence-electron chi connectivity index (χ2n) is 8.96. The maximum atomic E-state index is 13.7. The molecule has 1 heterocycles. The van der Waals surface area contributed by atoms with E-state index >= 15 is 0 Å². The fraction of sp³-hybridized carbons (Fsp3) is 0.133. The van der Waals surface area contributed by atoms with Gasteiger partial charge in [0.25, 0.3) is 11.8 Å². The second-order valence-corrected chi connectivity index (χ2v) is 10.8. The molecule has 1 unspecified atom stereocenters. The van der Waals surface area contributed by atoms with E-state index in [0.717, 1.165) is 11.1 Å². The molecule has 0 bridgehead atoms. The van der Waals surface area contributed by atoms with Gasteiger partial charge in [-0.05, 0) is 66.9 Å². The van der Waals surface area contributed by atoms with E-state index < -0.39 is 10.8 Å². The molecular formula is C30H25ClN2O3S. The largest absolute Gasteiger partial charge is 0.352 e. The van der Waals surface area contributed by atoms with Crippen molar-refractivity contribution in [2.75, 3.05) is 11.4 Å². The van der Waals surface area contributed by atoms with Gasteiger partial charge in [0.1, 0.15) is 0 Å². The van der Waals surface area contributed by atoms with E-state index in [1.54, 1.807) is 59.5 Å². The van der Waals surface area contributed by atoms with E-state index in [1.165, 1.54) is 5.56 Å². The highest BCUT2D eigenvalue weighted by Crippen LogP contribution is 2.36. The van der Waals surface area contributed by atoms with Crippen LogP contribution in [0.1, 0.15) is 37.4 Å². The van der Waals surface area contributed by atoms with Crippen LogP contribution in [0.3, 0.4) is 0 Å². The maximum Gasteiger partial charge on any atom is 0.259 e. The Morgan fingerprint density at radius 2 is 1.59 bits per heavy atom. The maximum absolute atomic E-state index is 13.7. The van der Waals surface area contributed by atoms with Crippen LogP contribution in [0.5, 0.6) is 0 Å². The summed E-state index contributed by atoms with van der Waals surface area (Å²) in [6, 6.07) is 27.4. The molecule has 1 atom stereocenters. The lowest BCUT2D eigenvalue weighted by Gasteiger charge is -2.23. The third-order valence-electron chi connectivity index (χ3n) is 6.35. The number of anilines is 1. The Kier molecular flexibility index (Phi) is 7.22. The zero-order valence-electron chi connectivity index (χ0n) is 20.2. The van der Waals surface area contributed by atoms with Crippen molar-refractivity contribution < 1.29 is 13.8 Å². The molecular weight excluding hydrogens is 504 g/mol. The molecule has 1 N–H and O–H groups in total. The van der Waals surface area contributed by atoms with Crippen molar-refractivity contribution in [2.24, 2.45) is 0 Å². The van der Waals surface area contributed by atoms with Gasteiger partial charge in [-0.3, -0.25) is 9.59 Å². The number of halogens is 1. The van der Waals surface area contributed by atoms with Crippen molar-refractivity contribution in [3.05, 3.63) is 124 Å². The Hall–Kier alpha value is -3.74. The minimum Gasteiger partial charge on any atom is -0.352 e. The summed E-state index contributed by atoms with van der Waals surface area (Å²) in [5.74, 6) is -0.518. The molecule has 2 amide bonds. The zero-order valence-corrected chi connectivity index (χ0v) is 21.8. The molecule has 1 aliphatic rings. The Morgan fingerprint density at radius 1 is 0.892 bits per heavy atom. The molecule has 0 saturated heterocycles. The summed E-state index contributed by atoms with van der Waals surface area (Å²) in [4.78, 5) is 29.3. The van der Waals surface area contributed by atoms with Gasteiger partial charge < -0.3 is 10.2 Å². The number of rotatable bonds is 6. The molecule has 4 aromatic rings. The van der Waals surface area contributed by atoms with Gasteiger partial charge in [-0.25, -0.2) is 4.21 Å². The smallest absolute Gasteiger partial charge is 0.259 e. The molecule has 5 nitrogen and oxygen atoms in total. The summed E-state index contributed by atoms with van der Waals surface area (Å²) in [7, 11) is -1.58. The van der Waals surface area contributed by atoms with Crippen LogP contribution >= 0.6 is 11.6 Å². The van der Waals surface area contributed by atoms with Crippen LogP contribution in [-0.2, 0) is 23.8 Å². The van der Waals surface area contributed by atoms with E-state index in [4.69, 9.17) is 11.6 Å². The number of carbonyl (C=O) groups excluding carboxylic acids is 2. The summed E-state index contributed by atoms with van der Waals surface area (Å²) in [5.41, 5.74) is 4.44. The second kappa shape index (κ2) is 10.7. The number of benzene rings is 4. The molecule has 0 saturated carbocycles. The number of amides is 2. The van der Waals surface area contributed by atoms with Crippen LogP contribution in [0.2, 0.25) is 5.02 Å². The predicted octanol–water partition coefficient (Wildman–Crippen LogP) is 5.95. The molecule has 0 radical (unpaired) electrons. The molecule has 4 aromatic carbocycles. The molecule has 37 heavy (non-hydrogen) atoms. The van der Waals surface area contributed by atoms with E-state index in [1.807, 2.05) is 31.2 Å². The van der Waals surface area contributed by atoms with E-state index in [0.29, 0.717) is 44.6 Å². The van der Waals surface area contributed by atoms with E-state index in [-0.39, 0.29) is 18.4 Å². The van der Waals surface area contributed by atoms with E-state index in [9.17, 15) is 13.8 Å². The summed E-state index contributed by atoms with van der Waals surface area (Å²) in [6.07, 6.45) is 0.706. The monoisotopic (exact) mass is 528 g/mol. The van der Waals surface area contributed by atoms with Gasteiger partial charge in [-0.1, -0.05) is 65.7 Å². The Morgan fingerprint density at radius 3 is 2.35 bits per heavy atom. The minimum atomic E-state index is -1.58. The normalized spacial score (nSPS) is 14.5. The summed E-state index contributed by atoms with van der Waals surface area (Å²) in [6.45, 7) is 2.76. The molecule has 5 rings (SSSR count). The van der Waals surface area contributed by atoms with Crippen molar-refractivity contribution in [2.45, 2.75) is 29.7 Å². The SMILES string of the molecule is Cc1ccc(CCNC(=O)c2ccc3c(c2)N(Cc2ccc(Cl)cc2)C(=O)c2ccccc2S3=O)cc1. The molecule has 0 aromatic heterocycles. The van der Waals surface area contributed by atoms with Crippen molar-refractivity contribution in [1.82, 2.24) is 5.32 Å². The zero-order chi connectivity index (χ0) is 25.9. The van der Waals surface area contributed by atoms with Crippen LogP contribution in [0.25, 0.3) is 0 Å². The predicted molar refractivity (Wildman–Crippen MR) is 147 cm³/mol. The standard InChI is InChI=1S/C30H25ClN2O3S/c1-20-6-8-21(9-7-20)16-17-32-29(34)23-12-15-28-26(18-23)33(19-22-10-13-24(31)14-11-22)30(35)25-4-2-3-5-27(25)37(28)36/h2-15,18H,16-17,19H2,1H3,(H,32,34). The van der Waals surface area contributed by atoms with Gasteiger partial charge in [0.05, 0.1) is 38.4 Å². The highest BCUT2D eigenvalue weighted by molar-refractivity contribution is 7.85. The van der Waals surface area contributed by atoms with Crippen LogP contribution in [0.4, 0.5) is 5.69 Å². The van der Waals surface area contributed by atoms with Gasteiger partial charge in [0.2, 0.25) is 0 Å². The van der Waals surface area contributed by atoms with Crippen LogP contribution in [0, 0.1) is 6.92 Å². The Balaban J connectivity index is 1.46. The molecule has 1 aliphatic heterocycles. The quantitative estimate of drug-likeness (QED) is 0.336. The first-order chi connectivity index (χ1) is 17.9. The average Bonchev–Trinajstić information content (AvgIpc) is 3.00. The number of carbonyl (C=O) groups is 2. The van der Waals surface area contributed by atoms with Crippen LogP contribution in [-0.4, -0.2) is 22.6 Å². The third kappa shape index (κ3) is 5.36. The van der Waals surface area contributed by atoms with Gasteiger partial charge in [0, 0.05) is 17.1 Å². The van der Waals surface area contributed by atoms with Crippen LogP contribution in [0.15, 0.2) is 101 Å². The van der Waals surface area contributed by atoms with Crippen molar-refractivity contribution in [1.29, 1.82) is 0 Å². The van der Waals surface area contributed by atoms with Gasteiger partial charge in [-0.15, -0.1) is 0 Å². The summed E-state index contributed by atoms with van der Waals surface area (Å²) in [5, 5.41) is 3.56. The molecule has 0 fully saturated rings. The van der Waals surface area contributed by atoms with E-state index in [2.05, 4.69) is 17.4 Å². The molecule has 0 aliphatic carbocycles. The summed E-state index contributed by atoms with van der Waals surface area (Å²) >= 11 is 6.05. The summed E-state index contributed by atoms with van der Waals surface area (Å²) < 4.78 is 13.6. The van der Waals surface area contributed by atoms with Crippen molar-refractivity contribution in [3.8, 4) is 0 Å². The first-order valence-electron chi connectivity index (χ1n) is 12.0. The third-order valence-corrected chi connectivity index (χ3v) is 8.10. The number of hydrogen-bond donors (Lipinski definition) is 1. The molecule has 0 spiro atoms. The lowest BCUT2D eigenvalue weighted by atomic mass is 10.1. The molecule has 7 heteroatoms. The highest BCUT2D eigenvalue weighted by atomic mass is 35.5. The topological polar surface area (TPSA) is 66.5 Å². The highest BCUT2D eigenvalue weighted by Gasteiger charge is 2.31.